The number of aromatic nitrogens is 1. The van der Waals surface area contributed by atoms with E-state index in [1.54, 1.807) is 0 Å². The van der Waals surface area contributed by atoms with Crippen LogP contribution >= 0.6 is 11.6 Å². The number of fused-ring (bicyclic) bond motifs is 6. The van der Waals surface area contributed by atoms with Crippen LogP contribution in [0.3, 0.4) is 0 Å². The van der Waals surface area contributed by atoms with E-state index in [1.807, 2.05) is 6.07 Å². The van der Waals surface area contributed by atoms with Crippen LogP contribution in [0, 0.1) is 0 Å². The summed E-state index contributed by atoms with van der Waals surface area (Å²) in [5.41, 5.74) is 3.73. The van der Waals surface area contributed by atoms with Crippen LogP contribution in [0.5, 0.6) is 0 Å². The van der Waals surface area contributed by atoms with Gasteiger partial charge in [-0.2, -0.15) is 0 Å². The molecule has 94 valence electrons. The molecule has 20 heavy (non-hydrogen) atoms. The first-order valence-corrected chi connectivity index (χ1v) is 7.05. The van der Waals surface area contributed by atoms with E-state index in [0.717, 1.165) is 5.02 Å². The Hall–Kier alpha value is -2.25. The number of hydrogen-bond donors (Lipinski definition) is 0. The van der Waals surface area contributed by atoms with Gasteiger partial charge in [0.1, 0.15) is 0 Å². The first-order valence-electron chi connectivity index (χ1n) is 6.67. The standard InChI is InChI=1S/C18H10ClN/c19-11-8-9-13-15-6-3-5-14-12-4-1-2-7-16(12)20(18(14)15)17(13)10-11/h1-10H. The van der Waals surface area contributed by atoms with E-state index < -0.39 is 0 Å². The first kappa shape index (κ1) is 10.5. The van der Waals surface area contributed by atoms with Crippen molar-refractivity contribution in [2.45, 2.75) is 0 Å². The summed E-state index contributed by atoms with van der Waals surface area (Å²) in [6, 6.07) is 21.2. The number of benzene rings is 3. The number of rotatable bonds is 0. The molecule has 0 aliphatic rings. The quantitative estimate of drug-likeness (QED) is 0.352. The Morgan fingerprint density at radius 1 is 0.650 bits per heavy atom. The second-order valence-electron chi connectivity index (χ2n) is 5.22. The Morgan fingerprint density at radius 3 is 2.20 bits per heavy atom. The Labute approximate surface area is 120 Å². The molecule has 0 saturated carbocycles. The third kappa shape index (κ3) is 1.10. The highest BCUT2D eigenvalue weighted by molar-refractivity contribution is 6.32. The van der Waals surface area contributed by atoms with E-state index in [1.165, 1.54) is 38.1 Å². The van der Waals surface area contributed by atoms with Crippen molar-refractivity contribution in [3.8, 4) is 0 Å². The van der Waals surface area contributed by atoms with E-state index in [9.17, 15) is 0 Å². The molecule has 3 aromatic carbocycles. The third-order valence-electron chi connectivity index (χ3n) is 4.19. The number of nitrogens with zero attached hydrogens (tertiary/aromatic N) is 1. The molecule has 0 radical (unpaired) electrons. The van der Waals surface area contributed by atoms with E-state index in [2.05, 4.69) is 59.0 Å². The molecule has 0 atom stereocenters. The van der Waals surface area contributed by atoms with Gasteiger partial charge in [-0.25, -0.2) is 0 Å². The molecule has 1 nitrogen and oxygen atoms in total. The van der Waals surface area contributed by atoms with Gasteiger partial charge in [0.05, 0.1) is 16.6 Å². The second-order valence-corrected chi connectivity index (χ2v) is 5.65. The van der Waals surface area contributed by atoms with Crippen LogP contribution in [0.2, 0.25) is 5.02 Å². The third-order valence-corrected chi connectivity index (χ3v) is 4.42. The van der Waals surface area contributed by atoms with Crippen LogP contribution < -0.4 is 0 Å². The highest BCUT2D eigenvalue weighted by atomic mass is 35.5. The SMILES string of the molecule is Clc1ccc2c3cccc4c5ccccc5n(c2c1)c43. The lowest BCUT2D eigenvalue weighted by atomic mass is 10.1. The van der Waals surface area contributed by atoms with Crippen molar-refractivity contribution >= 4 is 49.7 Å². The number of halogens is 1. The van der Waals surface area contributed by atoms with Gasteiger partial charge in [-0.15, -0.1) is 0 Å². The van der Waals surface area contributed by atoms with E-state index in [-0.39, 0.29) is 0 Å². The van der Waals surface area contributed by atoms with Crippen LogP contribution in [-0.4, -0.2) is 4.40 Å². The minimum atomic E-state index is 0.780. The van der Waals surface area contributed by atoms with Gasteiger partial charge in [0.2, 0.25) is 0 Å². The summed E-state index contributed by atoms with van der Waals surface area (Å²) in [7, 11) is 0. The summed E-state index contributed by atoms with van der Waals surface area (Å²) in [5, 5.41) is 5.95. The van der Waals surface area contributed by atoms with Crippen molar-refractivity contribution < 1.29 is 0 Å². The molecule has 0 bridgehead atoms. The Morgan fingerprint density at radius 2 is 1.35 bits per heavy atom. The van der Waals surface area contributed by atoms with Gasteiger partial charge in [-0.05, 0) is 18.2 Å². The van der Waals surface area contributed by atoms with Crippen molar-refractivity contribution in [3.05, 3.63) is 65.7 Å². The zero-order valence-electron chi connectivity index (χ0n) is 10.6. The molecular weight excluding hydrogens is 266 g/mol. The van der Waals surface area contributed by atoms with Crippen LogP contribution in [0.15, 0.2) is 60.7 Å². The first-order chi connectivity index (χ1) is 9.84. The molecule has 0 saturated heterocycles. The normalized spacial score (nSPS) is 12.2. The molecule has 0 amide bonds. The summed E-state index contributed by atoms with van der Waals surface area (Å²) in [5.74, 6) is 0. The predicted octanol–water partition coefficient (Wildman–Crippen LogP) is 5.49. The van der Waals surface area contributed by atoms with Gasteiger partial charge < -0.3 is 4.40 Å². The zero-order valence-corrected chi connectivity index (χ0v) is 11.4. The fraction of sp³-hybridized carbons (Fsp3) is 0. The van der Waals surface area contributed by atoms with Crippen molar-refractivity contribution in [2.75, 3.05) is 0 Å². The second kappa shape index (κ2) is 3.44. The Bertz CT molecular complexity index is 1100. The summed E-state index contributed by atoms with van der Waals surface area (Å²) in [6.45, 7) is 0. The summed E-state index contributed by atoms with van der Waals surface area (Å²) in [4.78, 5) is 0. The molecule has 2 aromatic heterocycles. The van der Waals surface area contributed by atoms with Crippen molar-refractivity contribution in [2.24, 2.45) is 0 Å². The average molecular weight is 276 g/mol. The van der Waals surface area contributed by atoms with Gasteiger partial charge in [0.15, 0.2) is 0 Å². The lowest BCUT2D eigenvalue weighted by Crippen LogP contribution is -1.79. The topological polar surface area (TPSA) is 4.41 Å². The molecule has 2 heteroatoms. The molecule has 0 unspecified atom stereocenters. The molecule has 0 spiro atoms. The van der Waals surface area contributed by atoms with Gasteiger partial charge in [0, 0.05) is 26.6 Å². The minimum absolute atomic E-state index is 0.780. The maximum absolute atomic E-state index is 6.21. The fourth-order valence-corrected chi connectivity index (χ4v) is 3.57. The molecule has 0 N–H and O–H groups in total. The van der Waals surface area contributed by atoms with Crippen LogP contribution in [-0.2, 0) is 0 Å². The Kier molecular flexibility index (Phi) is 1.81. The Balaban J connectivity index is 2.28. The maximum Gasteiger partial charge on any atom is 0.0620 e. The molecule has 2 heterocycles. The highest BCUT2D eigenvalue weighted by Gasteiger charge is 2.16. The van der Waals surface area contributed by atoms with Gasteiger partial charge in [-0.3, -0.25) is 0 Å². The van der Waals surface area contributed by atoms with E-state index >= 15 is 0 Å². The molecule has 0 aliphatic carbocycles. The molecular formula is C18H10ClN. The summed E-state index contributed by atoms with van der Waals surface area (Å²) < 4.78 is 2.33. The van der Waals surface area contributed by atoms with Crippen LogP contribution in [0.25, 0.3) is 38.1 Å². The van der Waals surface area contributed by atoms with E-state index in [4.69, 9.17) is 11.6 Å². The van der Waals surface area contributed by atoms with Crippen molar-refractivity contribution in [3.63, 3.8) is 0 Å². The molecule has 0 fully saturated rings. The summed E-state index contributed by atoms with van der Waals surface area (Å²) in [6.07, 6.45) is 0. The predicted molar refractivity (Wildman–Crippen MR) is 86.1 cm³/mol. The molecule has 5 rings (SSSR count). The molecule has 0 aliphatic heterocycles. The number of hydrogen-bond acceptors (Lipinski definition) is 0. The smallest absolute Gasteiger partial charge is 0.0620 e. The van der Waals surface area contributed by atoms with Gasteiger partial charge in [0.25, 0.3) is 0 Å². The number of para-hydroxylation sites is 2. The maximum atomic E-state index is 6.21. The van der Waals surface area contributed by atoms with Crippen molar-refractivity contribution in [1.82, 2.24) is 4.40 Å². The van der Waals surface area contributed by atoms with Gasteiger partial charge in [-0.1, -0.05) is 54.1 Å². The summed E-state index contributed by atoms with van der Waals surface area (Å²) >= 11 is 6.21. The fourth-order valence-electron chi connectivity index (χ4n) is 3.40. The van der Waals surface area contributed by atoms with Gasteiger partial charge >= 0.3 is 0 Å². The van der Waals surface area contributed by atoms with E-state index in [0.29, 0.717) is 0 Å². The lowest BCUT2D eigenvalue weighted by molar-refractivity contribution is 1.37. The lowest BCUT2D eigenvalue weighted by Gasteiger charge is -1.97. The zero-order chi connectivity index (χ0) is 13.3. The average Bonchev–Trinajstić information content (AvgIpc) is 2.98. The van der Waals surface area contributed by atoms with Crippen molar-refractivity contribution in [1.29, 1.82) is 0 Å². The molecule has 5 aromatic rings. The minimum Gasteiger partial charge on any atom is -0.308 e. The van der Waals surface area contributed by atoms with Crippen LogP contribution in [0.1, 0.15) is 0 Å². The highest BCUT2D eigenvalue weighted by Crippen LogP contribution is 2.39. The largest absolute Gasteiger partial charge is 0.308 e. The monoisotopic (exact) mass is 275 g/mol. The van der Waals surface area contributed by atoms with Crippen LogP contribution in [0.4, 0.5) is 0 Å².